The lowest BCUT2D eigenvalue weighted by Gasteiger charge is -2.33. The Labute approximate surface area is 172 Å². The summed E-state index contributed by atoms with van der Waals surface area (Å²) in [5.74, 6) is 0.870. The van der Waals surface area contributed by atoms with Crippen LogP contribution in [0.1, 0.15) is 59.4 Å². The predicted octanol–water partition coefficient (Wildman–Crippen LogP) is 4.40. The molecule has 1 atom stereocenters. The van der Waals surface area contributed by atoms with Gasteiger partial charge in [-0.3, -0.25) is 0 Å². The summed E-state index contributed by atoms with van der Waals surface area (Å²) in [7, 11) is 2.23. The first-order valence-corrected chi connectivity index (χ1v) is 10.8. The van der Waals surface area contributed by atoms with Crippen molar-refractivity contribution in [3.8, 4) is 5.75 Å². The van der Waals surface area contributed by atoms with Gasteiger partial charge in [0.05, 0.1) is 33.4 Å². The minimum Gasteiger partial charge on any atom is -0.491 e. The first kappa shape index (κ1) is 23.2. The van der Waals surface area contributed by atoms with Crippen molar-refractivity contribution in [3.63, 3.8) is 0 Å². The fourth-order valence-corrected chi connectivity index (χ4v) is 4.71. The quantitative estimate of drug-likeness (QED) is 0.474. The van der Waals surface area contributed by atoms with Crippen LogP contribution in [-0.4, -0.2) is 62.2 Å². The number of likely N-dealkylation sites (tertiary alicyclic amines) is 1. The van der Waals surface area contributed by atoms with Gasteiger partial charge >= 0.3 is 0 Å². The molecule has 4 heteroatoms. The molecular weight excluding hydrogens is 350 g/mol. The number of aliphatic hydroxyl groups excluding tert-OH is 1. The van der Waals surface area contributed by atoms with Gasteiger partial charge in [-0.2, -0.15) is 0 Å². The molecule has 0 unspecified atom stereocenters. The van der Waals surface area contributed by atoms with Crippen molar-refractivity contribution in [2.45, 2.75) is 65.4 Å². The second kappa shape index (κ2) is 9.60. The molecular formula is C24H42NO3+. The van der Waals surface area contributed by atoms with E-state index < -0.39 is 6.10 Å². The van der Waals surface area contributed by atoms with Gasteiger partial charge in [-0.15, -0.1) is 0 Å². The molecule has 2 rings (SSSR count). The number of likely N-dealkylation sites (N-methyl/N-ethyl adjacent to an activating group) is 1. The van der Waals surface area contributed by atoms with Crippen LogP contribution in [0.2, 0.25) is 0 Å². The summed E-state index contributed by atoms with van der Waals surface area (Å²) in [4.78, 5) is 0. The van der Waals surface area contributed by atoms with Crippen LogP contribution in [0.15, 0.2) is 24.3 Å². The third-order valence-electron chi connectivity index (χ3n) is 5.71. The van der Waals surface area contributed by atoms with Gasteiger partial charge in [0.2, 0.25) is 0 Å². The summed E-state index contributed by atoms with van der Waals surface area (Å²) in [6, 6.07) is 8.44. The molecule has 160 valence electrons. The second-order valence-corrected chi connectivity index (χ2v) is 10.7. The molecule has 28 heavy (non-hydrogen) atoms. The summed E-state index contributed by atoms with van der Waals surface area (Å²) in [5.41, 5.74) is 1.78. The van der Waals surface area contributed by atoms with Crippen LogP contribution in [0, 0.1) is 5.41 Å². The lowest BCUT2D eigenvalue weighted by molar-refractivity contribution is -0.900. The number of quaternary nitrogens is 1. The molecule has 0 aliphatic carbocycles. The van der Waals surface area contributed by atoms with E-state index in [0.717, 1.165) is 23.2 Å². The fraction of sp³-hybridized carbons (Fsp3) is 0.750. The van der Waals surface area contributed by atoms with Crippen molar-refractivity contribution in [2.24, 2.45) is 5.41 Å². The Morgan fingerprint density at radius 3 is 2.18 bits per heavy atom. The maximum Gasteiger partial charge on any atom is 0.126 e. The molecule has 1 N–H and O–H groups in total. The summed E-state index contributed by atoms with van der Waals surface area (Å²) >= 11 is 0. The van der Waals surface area contributed by atoms with Gasteiger partial charge in [0, 0.05) is 12.8 Å². The molecule has 1 heterocycles. The molecule has 1 aromatic carbocycles. The van der Waals surface area contributed by atoms with Crippen LogP contribution in [-0.2, 0) is 10.2 Å². The topological polar surface area (TPSA) is 38.7 Å². The van der Waals surface area contributed by atoms with Gasteiger partial charge in [0.1, 0.15) is 25.0 Å². The number of benzene rings is 1. The highest BCUT2D eigenvalue weighted by molar-refractivity contribution is 5.31. The van der Waals surface area contributed by atoms with Crippen molar-refractivity contribution in [1.82, 2.24) is 0 Å². The van der Waals surface area contributed by atoms with Crippen LogP contribution < -0.4 is 4.74 Å². The second-order valence-electron chi connectivity index (χ2n) is 10.7. The lowest BCUT2D eigenvalue weighted by atomic mass is 9.72. The van der Waals surface area contributed by atoms with Crippen molar-refractivity contribution >= 4 is 0 Å². The molecule has 0 radical (unpaired) electrons. The van der Waals surface area contributed by atoms with Crippen molar-refractivity contribution in [1.29, 1.82) is 0 Å². The highest BCUT2D eigenvalue weighted by Crippen LogP contribution is 2.36. The SMILES string of the molecule is CC(C)(C)CC(C)(C)c1ccc(OCCOC[C@@H](O)C[N+]2(C)CCCC2)cc1. The van der Waals surface area contributed by atoms with E-state index in [-0.39, 0.29) is 5.41 Å². The van der Waals surface area contributed by atoms with E-state index in [1.807, 2.05) is 12.1 Å². The smallest absolute Gasteiger partial charge is 0.126 e. The Kier molecular flexibility index (Phi) is 7.95. The zero-order valence-electron chi connectivity index (χ0n) is 19.0. The minimum atomic E-state index is -0.396. The maximum absolute atomic E-state index is 10.2. The average molecular weight is 393 g/mol. The highest BCUT2D eigenvalue weighted by atomic mass is 16.5. The lowest BCUT2D eigenvalue weighted by Crippen LogP contribution is -2.47. The first-order valence-electron chi connectivity index (χ1n) is 10.8. The van der Waals surface area contributed by atoms with Crippen LogP contribution >= 0.6 is 0 Å². The van der Waals surface area contributed by atoms with E-state index in [1.54, 1.807) is 0 Å². The Bertz CT molecular complexity index is 583. The average Bonchev–Trinajstić information content (AvgIpc) is 2.99. The van der Waals surface area contributed by atoms with E-state index >= 15 is 0 Å². The normalized spacial score (nSPS) is 18.2. The number of rotatable bonds is 10. The number of aliphatic hydroxyl groups is 1. The third-order valence-corrected chi connectivity index (χ3v) is 5.71. The fourth-order valence-electron chi connectivity index (χ4n) is 4.71. The molecule has 0 spiro atoms. The van der Waals surface area contributed by atoms with Crippen molar-refractivity contribution in [2.75, 3.05) is 46.5 Å². The van der Waals surface area contributed by atoms with Crippen molar-refractivity contribution < 1.29 is 19.1 Å². The molecule has 1 fully saturated rings. The third kappa shape index (κ3) is 7.73. The summed E-state index contributed by atoms with van der Waals surface area (Å²) in [5, 5.41) is 10.2. The zero-order valence-corrected chi connectivity index (χ0v) is 19.0. The van der Waals surface area contributed by atoms with Crippen LogP contribution in [0.25, 0.3) is 0 Å². The van der Waals surface area contributed by atoms with Gasteiger partial charge in [-0.1, -0.05) is 46.8 Å². The highest BCUT2D eigenvalue weighted by Gasteiger charge is 2.29. The Balaban J connectivity index is 1.68. The Morgan fingerprint density at radius 1 is 1.00 bits per heavy atom. The van der Waals surface area contributed by atoms with Gasteiger partial charge < -0.3 is 19.1 Å². The first-order chi connectivity index (χ1) is 13.0. The minimum absolute atomic E-state index is 0.143. The van der Waals surface area contributed by atoms with E-state index in [0.29, 0.717) is 25.2 Å². The summed E-state index contributed by atoms with van der Waals surface area (Å²) < 4.78 is 12.4. The number of hydrogen-bond donors (Lipinski definition) is 1. The van der Waals surface area contributed by atoms with Crippen molar-refractivity contribution in [3.05, 3.63) is 29.8 Å². The standard InChI is InChI=1S/C24H42NO3/c1-23(2,3)19-24(4,5)20-9-11-22(12-10-20)28-16-15-27-18-21(26)17-25(6)13-7-8-14-25/h9-12,21,26H,7-8,13-19H2,1-6H3/q+1/t21-/m0/s1. The molecule has 1 aliphatic heterocycles. The number of ether oxygens (including phenoxy) is 2. The van der Waals surface area contributed by atoms with E-state index in [2.05, 4.69) is 53.8 Å². The number of nitrogens with zero attached hydrogens (tertiary/aromatic N) is 1. The molecule has 4 nitrogen and oxygen atoms in total. The van der Waals surface area contributed by atoms with E-state index in [9.17, 15) is 5.11 Å². The van der Waals surface area contributed by atoms with E-state index in [1.165, 1.54) is 31.5 Å². The summed E-state index contributed by atoms with van der Waals surface area (Å²) in [6.07, 6.45) is 3.27. The molecule has 1 saturated heterocycles. The maximum atomic E-state index is 10.2. The number of hydrogen-bond acceptors (Lipinski definition) is 3. The molecule has 0 bridgehead atoms. The summed E-state index contributed by atoms with van der Waals surface area (Å²) in [6.45, 7) is 16.0. The largest absolute Gasteiger partial charge is 0.491 e. The zero-order chi connectivity index (χ0) is 20.8. The van der Waals surface area contributed by atoms with Gasteiger partial charge in [-0.25, -0.2) is 0 Å². The van der Waals surface area contributed by atoms with Gasteiger partial charge in [-0.05, 0) is 34.9 Å². The molecule has 0 saturated carbocycles. The molecule has 0 amide bonds. The molecule has 1 aliphatic rings. The monoisotopic (exact) mass is 392 g/mol. The predicted molar refractivity (Wildman–Crippen MR) is 116 cm³/mol. The molecule has 1 aromatic rings. The van der Waals surface area contributed by atoms with Gasteiger partial charge in [0.15, 0.2) is 0 Å². The van der Waals surface area contributed by atoms with Gasteiger partial charge in [0.25, 0.3) is 0 Å². The van der Waals surface area contributed by atoms with Crippen LogP contribution in [0.5, 0.6) is 5.75 Å². The Hall–Kier alpha value is -1.10. The van der Waals surface area contributed by atoms with Crippen LogP contribution in [0.4, 0.5) is 0 Å². The molecule has 0 aromatic heterocycles. The van der Waals surface area contributed by atoms with E-state index in [4.69, 9.17) is 9.47 Å². The Morgan fingerprint density at radius 2 is 1.61 bits per heavy atom. The van der Waals surface area contributed by atoms with Crippen LogP contribution in [0.3, 0.4) is 0 Å².